The van der Waals surface area contributed by atoms with Crippen LogP contribution in [0.2, 0.25) is 5.02 Å². The van der Waals surface area contributed by atoms with Crippen molar-refractivity contribution in [3.05, 3.63) is 27.7 Å². The predicted molar refractivity (Wildman–Crippen MR) is 93.3 cm³/mol. The van der Waals surface area contributed by atoms with Gasteiger partial charge in [0.2, 0.25) is 5.91 Å². The summed E-state index contributed by atoms with van der Waals surface area (Å²) in [5.74, 6) is -0.0467. The van der Waals surface area contributed by atoms with E-state index < -0.39 is 0 Å². The molecular weight excluding hydrogens is 377 g/mol. The Labute approximate surface area is 144 Å². The van der Waals surface area contributed by atoms with Gasteiger partial charge in [0.1, 0.15) is 0 Å². The summed E-state index contributed by atoms with van der Waals surface area (Å²) in [4.78, 5) is 14.3. The molecule has 1 heterocycles. The van der Waals surface area contributed by atoms with E-state index in [1.54, 1.807) is 12.1 Å². The lowest BCUT2D eigenvalue weighted by Crippen LogP contribution is -2.47. The van der Waals surface area contributed by atoms with Crippen molar-refractivity contribution in [1.82, 2.24) is 4.90 Å². The highest BCUT2D eigenvalue weighted by molar-refractivity contribution is 9.10. The smallest absolute Gasteiger partial charge is 0.238 e. The van der Waals surface area contributed by atoms with Crippen LogP contribution in [0.5, 0.6) is 0 Å². The van der Waals surface area contributed by atoms with Gasteiger partial charge in [0.05, 0.1) is 17.3 Å². The summed E-state index contributed by atoms with van der Waals surface area (Å²) in [6, 6.07) is 5.72. The average Bonchev–Trinajstić information content (AvgIpc) is 2.42. The first-order valence-electron chi connectivity index (χ1n) is 6.79. The van der Waals surface area contributed by atoms with Gasteiger partial charge in [0.25, 0.3) is 0 Å². The lowest BCUT2D eigenvalue weighted by atomic mass is 10.0. The maximum Gasteiger partial charge on any atom is 0.238 e. The Kier molecular flexibility index (Phi) is 7.98. The molecule has 0 radical (unpaired) electrons. The Bertz CT molecular complexity index is 487. The molecule has 1 amide bonds. The van der Waals surface area contributed by atoms with Crippen molar-refractivity contribution in [3.63, 3.8) is 0 Å². The number of anilines is 1. The molecule has 0 saturated carbocycles. The minimum absolute atomic E-state index is 0. The Balaban J connectivity index is 0.00000220. The zero-order valence-corrected chi connectivity index (χ0v) is 14.8. The molecule has 1 aliphatic rings. The largest absolute Gasteiger partial charge is 0.329 e. The molecule has 1 aliphatic heterocycles. The molecular formula is C14H20BrCl2N3O. The second kappa shape index (κ2) is 8.96. The molecule has 3 N–H and O–H groups in total. The van der Waals surface area contributed by atoms with E-state index in [-0.39, 0.29) is 18.3 Å². The number of benzene rings is 1. The van der Waals surface area contributed by atoms with Crippen molar-refractivity contribution < 1.29 is 4.79 Å². The standard InChI is InChI=1S/C14H19BrClN3O.ClH/c15-10-4-5-13(12(16)7-10)18-14(20)9-19-6-2-1-3-11(19)8-17;/h4-5,7,11H,1-3,6,8-9,17H2,(H,18,20);1H. The first kappa shape index (κ1) is 18.7. The fraction of sp³-hybridized carbons (Fsp3) is 0.500. The lowest BCUT2D eigenvalue weighted by Gasteiger charge is -2.34. The highest BCUT2D eigenvalue weighted by Gasteiger charge is 2.23. The fourth-order valence-corrected chi connectivity index (χ4v) is 3.22. The molecule has 7 heteroatoms. The summed E-state index contributed by atoms with van der Waals surface area (Å²) in [5.41, 5.74) is 6.40. The average molecular weight is 397 g/mol. The first-order valence-corrected chi connectivity index (χ1v) is 7.96. The van der Waals surface area contributed by atoms with Crippen LogP contribution in [-0.4, -0.2) is 36.5 Å². The van der Waals surface area contributed by atoms with Crippen LogP contribution >= 0.6 is 39.9 Å². The topological polar surface area (TPSA) is 58.4 Å². The molecule has 1 aromatic carbocycles. The highest BCUT2D eigenvalue weighted by atomic mass is 79.9. The molecule has 0 aromatic heterocycles. The van der Waals surface area contributed by atoms with Crippen LogP contribution in [0.1, 0.15) is 19.3 Å². The number of halogens is 3. The number of hydrogen-bond donors (Lipinski definition) is 2. The molecule has 0 bridgehead atoms. The van der Waals surface area contributed by atoms with Gasteiger partial charge in [-0.05, 0) is 37.6 Å². The quantitative estimate of drug-likeness (QED) is 0.820. The van der Waals surface area contributed by atoms with Gasteiger partial charge in [-0.1, -0.05) is 34.0 Å². The Morgan fingerprint density at radius 3 is 2.90 bits per heavy atom. The summed E-state index contributed by atoms with van der Waals surface area (Å²) in [6.07, 6.45) is 3.39. The number of likely N-dealkylation sites (tertiary alicyclic amines) is 1. The van der Waals surface area contributed by atoms with E-state index in [0.717, 1.165) is 23.9 Å². The van der Waals surface area contributed by atoms with Gasteiger partial charge in [-0.25, -0.2) is 0 Å². The Morgan fingerprint density at radius 1 is 1.48 bits per heavy atom. The number of carbonyl (C=O) groups excluding carboxylic acids is 1. The maximum absolute atomic E-state index is 12.1. The van der Waals surface area contributed by atoms with E-state index in [2.05, 4.69) is 26.1 Å². The van der Waals surface area contributed by atoms with Gasteiger partial charge in [-0.2, -0.15) is 0 Å². The number of hydrogen-bond acceptors (Lipinski definition) is 3. The second-order valence-electron chi connectivity index (χ2n) is 5.03. The van der Waals surface area contributed by atoms with Crippen LogP contribution in [0, 0.1) is 0 Å². The van der Waals surface area contributed by atoms with Gasteiger partial charge in [0, 0.05) is 17.1 Å². The van der Waals surface area contributed by atoms with E-state index in [4.69, 9.17) is 17.3 Å². The Morgan fingerprint density at radius 2 is 2.24 bits per heavy atom. The van der Waals surface area contributed by atoms with E-state index in [0.29, 0.717) is 29.8 Å². The number of carbonyl (C=O) groups is 1. The monoisotopic (exact) mass is 395 g/mol. The minimum Gasteiger partial charge on any atom is -0.329 e. The Hall–Kier alpha value is -0.330. The summed E-state index contributed by atoms with van der Waals surface area (Å²) < 4.78 is 0.889. The highest BCUT2D eigenvalue weighted by Crippen LogP contribution is 2.25. The summed E-state index contributed by atoms with van der Waals surface area (Å²) >= 11 is 9.43. The number of nitrogens with zero attached hydrogens (tertiary/aromatic N) is 1. The number of piperidine rings is 1. The molecule has 1 saturated heterocycles. The lowest BCUT2D eigenvalue weighted by molar-refractivity contribution is -0.118. The first-order chi connectivity index (χ1) is 9.60. The number of amides is 1. The molecule has 1 fully saturated rings. The second-order valence-corrected chi connectivity index (χ2v) is 6.35. The molecule has 21 heavy (non-hydrogen) atoms. The van der Waals surface area contributed by atoms with Crippen LogP contribution in [-0.2, 0) is 4.79 Å². The molecule has 1 unspecified atom stereocenters. The number of nitrogens with two attached hydrogens (primary N) is 1. The molecule has 0 aliphatic carbocycles. The van der Waals surface area contributed by atoms with Crippen molar-refractivity contribution in [1.29, 1.82) is 0 Å². The van der Waals surface area contributed by atoms with Gasteiger partial charge in [-0.3, -0.25) is 9.69 Å². The third-order valence-electron chi connectivity index (χ3n) is 3.57. The molecule has 2 rings (SSSR count). The number of nitrogens with one attached hydrogen (secondary N) is 1. The third-order valence-corrected chi connectivity index (χ3v) is 4.38. The van der Waals surface area contributed by atoms with Crippen molar-refractivity contribution in [2.24, 2.45) is 5.73 Å². The van der Waals surface area contributed by atoms with Crippen molar-refractivity contribution in [2.75, 3.05) is 25.0 Å². The zero-order chi connectivity index (χ0) is 14.5. The van der Waals surface area contributed by atoms with Crippen LogP contribution in [0.4, 0.5) is 5.69 Å². The summed E-state index contributed by atoms with van der Waals surface area (Å²) in [7, 11) is 0. The summed E-state index contributed by atoms with van der Waals surface area (Å²) in [5, 5.41) is 3.38. The van der Waals surface area contributed by atoms with E-state index in [9.17, 15) is 4.79 Å². The van der Waals surface area contributed by atoms with Crippen molar-refractivity contribution in [2.45, 2.75) is 25.3 Å². The van der Waals surface area contributed by atoms with Gasteiger partial charge in [0.15, 0.2) is 0 Å². The van der Waals surface area contributed by atoms with Crippen molar-refractivity contribution >= 4 is 51.5 Å². The van der Waals surface area contributed by atoms with Crippen molar-refractivity contribution in [3.8, 4) is 0 Å². The van der Waals surface area contributed by atoms with Gasteiger partial charge < -0.3 is 11.1 Å². The summed E-state index contributed by atoms with van der Waals surface area (Å²) in [6.45, 7) is 1.91. The SMILES string of the molecule is Cl.NCC1CCCCN1CC(=O)Nc1ccc(Br)cc1Cl. The minimum atomic E-state index is -0.0467. The normalized spacial score (nSPS) is 18.9. The fourth-order valence-electron chi connectivity index (χ4n) is 2.50. The zero-order valence-electron chi connectivity index (χ0n) is 11.6. The van der Waals surface area contributed by atoms with Gasteiger partial charge >= 0.3 is 0 Å². The third kappa shape index (κ3) is 5.42. The molecule has 118 valence electrons. The predicted octanol–water partition coefficient (Wildman–Crippen LogP) is 3.28. The molecule has 4 nitrogen and oxygen atoms in total. The molecule has 1 atom stereocenters. The van der Waals surface area contributed by atoms with E-state index in [1.165, 1.54) is 6.42 Å². The molecule has 0 spiro atoms. The van der Waals surface area contributed by atoms with Crippen LogP contribution in [0.25, 0.3) is 0 Å². The van der Waals surface area contributed by atoms with E-state index in [1.807, 2.05) is 6.07 Å². The van der Waals surface area contributed by atoms with Gasteiger partial charge in [-0.15, -0.1) is 12.4 Å². The van der Waals surface area contributed by atoms with E-state index >= 15 is 0 Å². The maximum atomic E-state index is 12.1. The van der Waals surface area contributed by atoms with Crippen LogP contribution in [0.15, 0.2) is 22.7 Å². The number of rotatable bonds is 4. The van der Waals surface area contributed by atoms with Crippen LogP contribution < -0.4 is 11.1 Å². The molecule has 1 aromatic rings. The van der Waals surface area contributed by atoms with Crippen LogP contribution in [0.3, 0.4) is 0 Å².